The minimum atomic E-state index is -0.896. The lowest BCUT2D eigenvalue weighted by atomic mass is 10.1. The second-order valence-corrected chi connectivity index (χ2v) is 9.00. The fraction of sp³-hybridized carbons (Fsp3) is 0.261. The van der Waals surface area contributed by atoms with Crippen LogP contribution in [0.1, 0.15) is 30.9 Å². The third-order valence-electron chi connectivity index (χ3n) is 4.52. The van der Waals surface area contributed by atoms with Crippen molar-refractivity contribution in [2.24, 2.45) is 0 Å². The molecule has 1 amide bonds. The first-order valence-electron chi connectivity index (χ1n) is 9.98. The SMILES string of the molecule is CCOc1cc(/C=C2\SC(=S)N(CCCC(=O)O)C2=O)ccc1OCc1ccc(Cl)cc1. The van der Waals surface area contributed by atoms with Gasteiger partial charge >= 0.3 is 5.97 Å². The predicted octanol–water partition coefficient (Wildman–Crippen LogP) is 5.38. The van der Waals surface area contributed by atoms with Gasteiger partial charge in [-0.1, -0.05) is 53.8 Å². The molecule has 1 heterocycles. The summed E-state index contributed by atoms with van der Waals surface area (Å²) in [5.74, 6) is 0.0616. The smallest absolute Gasteiger partial charge is 0.303 e. The van der Waals surface area contributed by atoms with Crippen LogP contribution in [-0.4, -0.2) is 39.4 Å². The van der Waals surface area contributed by atoms with E-state index in [-0.39, 0.29) is 18.9 Å². The zero-order valence-corrected chi connectivity index (χ0v) is 19.8. The summed E-state index contributed by atoms with van der Waals surface area (Å²) in [4.78, 5) is 25.3. The van der Waals surface area contributed by atoms with Crippen molar-refractivity contribution in [3.05, 3.63) is 63.5 Å². The number of ether oxygens (including phenoxy) is 2. The lowest BCUT2D eigenvalue weighted by Crippen LogP contribution is -2.29. The normalized spacial score (nSPS) is 14.8. The Balaban J connectivity index is 1.72. The van der Waals surface area contributed by atoms with Gasteiger partial charge in [0.05, 0.1) is 11.5 Å². The molecule has 1 aliphatic rings. The molecular formula is C23H22ClNO5S2. The molecule has 0 bridgehead atoms. The van der Waals surface area contributed by atoms with Crippen LogP contribution in [-0.2, 0) is 16.2 Å². The van der Waals surface area contributed by atoms with E-state index in [1.807, 2.05) is 43.3 Å². The Kier molecular flexibility index (Phi) is 8.55. The van der Waals surface area contributed by atoms with E-state index in [1.54, 1.807) is 12.1 Å². The van der Waals surface area contributed by atoms with Crippen LogP contribution < -0.4 is 9.47 Å². The van der Waals surface area contributed by atoms with Crippen molar-refractivity contribution in [2.75, 3.05) is 13.2 Å². The molecule has 6 nitrogen and oxygen atoms in total. The van der Waals surface area contributed by atoms with Crippen LogP contribution in [0.5, 0.6) is 11.5 Å². The van der Waals surface area contributed by atoms with Gasteiger partial charge in [-0.25, -0.2) is 0 Å². The topological polar surface area (TPSA) is 76.1 Å². The van der Waals surface area contributed by atoms with E-state index in [1.165, 1.54) is 16.7 Å². The Morgan fingerprint density at radius 3 is 2.62 bits per heavy atom. The van der Waals surface area contributed by atoms with Crippen molar-refractivity contribution in [3.63, 3.8) is 0 Å². The number of carboxylic acids is 1. The van der Waals surface area contributed by atoms with Crippen molar-refractivity contribution in [1.29, 1.82) is 0 Å². The number of thiocarbonyl (C=S) groups is 1. The van der Waals surface area contributed by atoms with E-state index in [0.29, 0.717) is 45.4 Å². The number of carbonyl (C=O) groups excluding carboxylic acids is 1. The summed E-state index contributed by atoms with van der Waals surface area (Å²) < 4.78 is 12.1. The maximum Gasteiger partial charge on any atom is 0.303 e. The van der Waals surface area contributed by atoms with Gasteiger partial charge in [0.1, 0.15) is 10.9 Å². The Bertz CT molecular complexity index is 1040. The molecule has 1 aliphatic heterocycles. The van der Waals surface area contributed by atoms with E-state index in [2.05, 4.69) is 0 Å². The number of carboxylic acid groups (broad SMARTS) is 1. The molecule has 3 rings (SSSR count). The van der Waals surface area contributed by atoms with Gasteiger partial charge in [-0.15, -0.1) is 0 Å². The maximum atomic E-state index is 12.7. The van der Waals surface area contributed by atoms with Crippen molar-refractivity contribution >= 4 is 57.9 Å². The second-order valence-electron chi connectivity index (χ2n) is 6.88. The summed E-state index contributed by atoms with van der Waals surface area (Å²) in [6, 6.07) is 12.9. The van der Waals surface area contributed by atoms with Gasteiger partial charge in [0.2, 0.25) is 0 Å². The maximum absolute atomic E-state index is 12.7. The van der Waals surface area contributed by atoms with E-state index < -0.39 is 5.97 Å². The zero-order valence-electron chi connectivity index (χ0n) is 17.4. The van der Waals surface area contributed by atoms with Crippen LogP contribution in [0.4, 0.5) is 0 Å². The number of carbonyl (C=O) groups is 2. The van der Waals surface area contributed by atoms with Crippen LogP contribution in [0, 0.1) is 0 Å². The Labute approximate surface area is 201 Å². The minimum Gasteiger partial charge on any atom is -0.490 e. The molecule has 0 spiro atoms. The number of amides is 1. The van der Waals surface area contributed by atoms with E-state index in [0.717, 1.165) is 11.1 Å². The summed E-state index contributed by atoms with van der Waals surface area (Å²) in [7, 11) is 0. The highest BCUT2D eigenvalue weighted by molar-refractivity contribution is 8.26. The van der Waals surface area contributed by atoms with Gasteiger partial charge in [0.25, 0.3) is 5.91 Å². The lowest BCUT2D eigenvalue weighted by Gasteiger charge is -2.13. The fourth-order valence-corrected chi connectivity index (χ4v) is 4.41. The molecule has 9 heteroatoms. The average molecular weight is 492 g/mol. The van der Waals surface area contributed by atoms with Gasteiger partial charge < -0.3 is 14.6 Å². The van der Waals surface area contributed by atoms with Gasteiger partial charge in [-0.2, -0.15) is 0 Å². The summed E-state index contributed by atoms with van der Waals surface area (Å²) >= 11 is 12.4. The average Bonchev–Trinajstić information content (AvgIpc) is 3.01. The fourth-order valence-electron chi connectivity index (χ4n) is 2.98. The van der Waals surface area contributed by atoms with Gasteiger partial charge in [-0.05, 0) is 54.8 Å². The number of rotatable bonds is 10. The predicted molar refractivity (Wildman–Crippen MR) is 130 cm³/mol. The third-order valence-corrected chi connectivity index (χ3v) is 6.15. The molecule has 0 unspecified atom stereocenters. The quantitative estimate of drug-likeness (QED) is 0.353. The Hall–Kier alpha value is -2.55. The number of hydrogen-bond donors (Lipinski definition) is 1. The molecule has 0 radical (unpaired) electrons. The van der Waals surface area contributed by atoms with Crippen molar-refractivity contribution in [3.8, 4) is 11.5 Å². The molecule has 0 aliphatic carbocycles. The van der Waals surface area contributed by atoms with Crippen LogP contribution in [0.15, 0.2) is 47.4 Å². The molecule has 1 N–H and O–H groups in total. The van der Waals surface area contributed by atoms with Crippen LogP contribution in [0.3, 0.4) is 0 Å². The Morgan fingerprint density at radius 1 is 1.19 bits per heavy atom. The van der Waals surface area contributed by atoms with E-state index >= 15 is 0 Å². The minimum absolute atomic E-state index is 0.00862. The summed E-state index contributed by atoms with van der Waals surface area (Å²) in [5, 5.41) is 9.46. The van der Waals surface area contributed by atoms with Crippen molar-refractivity contribution in [1.82, 2.24) is 4.90 Å². The van der Waals surface area contributed by atoms with Crippen LogP contribution >= 0.6 is 35.6 Å². The van der Waals surface area contributed by atoms with Crippen molar-refractivity contribution in [2.45, 2.75) is 26.4 Å². The summed E-state index contributed by atoms with van der Waals surface area (Å²) in [5.41, 5.74) is 1.76. The number of benzene rings is 2. The van der Waals surface area contributed by atoms with Crippen LogP contribution in [0.2, 0.25) is 5.02 Å². The number of nitrogens with zero attached hydrogens (tertiary/aromatic N) is 1. The standard InChI is InChI=1S/C23H22ClNO5S2/c1-2-29-19-12-16(7-10-18(19)30-14-15-5-8-17(24)9-6-15)13-20-22(28)25(23(31)32-20)11-3-4-21(26)27/h5-10,12-13H,2-4,11,14H2,1H3,(H,26,27)/b20-13-. The first kappa shape index (κ1) is 24.1. The molecule has 168 valence electrons. The van der Waals surface area contributed by atoms with E-state index in [4.69, 9.17) is 38.4 Å². The highest BCUT2D eigenvalue weighted by Crippen LogP contribution is 2.35. The highest BCUT2D eigenvalue weighted by Gasteiger charge is 2.31. The number of thioether (sulfide) groups is 1. The van der Waals surface area contributed by atoms with Gasteiger partial charge in [0, 0.05) is 18.0 Å². The highest BCUT2D eigenvalue weighted by atomic mass is 35.5. The van der Waals surface area contributed by atoms with Gasteiger partial charge in [-0.3, -0.25) is 14.5 Å². The first-order chi connectivity index (χ1) is 15.4. The zero-order chi connectivity index (χ0) is 23.1. The molecule has 2 aromatic rings. The largest absolute Gasteiger partial charge is 0.490 e. The van der Waals surface area contributed by atoms with E-state index in [9.17, 15) is 9.59 Å². The van der Waals surface area contributed by atoms with Crippen molar-refractivity contribution < 1.29 is 24.2 Å². The summed E-state index contributed by atoms with van der Waals surface area (Å²) in [6.07, 6.45) is 2.09. The molecule has 0 saturated carbocycles. The lowest BCUT2D eigenvalue weighted by molar-refractivity contribution is -0.137. The third kappa shape index (κ3) is 6.48. The first-order valence-corrected chi connectivity index (χ1v) is 11.6. The molecule has 2 aromatic carbocycles. The number of aliphatic carboxylic acids is 1. The number of halogens is 1. The molecule has 1 saturated heterocycles. The molecule has 1 fully saturated rings. The molecule has 32 heavy (non-hydrogen) atoms. The molecular weight excluding hydrogens is 470 g/mol. The monoisotopic (exact) mass is 491 g/mol. The summed E-state index contributed by atoms with van der Waals surface area (Å²) in [6.45, 7) is 3.01. The second kappa shape index (κ2) is 11.4. The molecule has 0 aromatic heterocycles. The number of hydrogen-bond acceptors (Lipinski definition) is 6. The molecule has 0 atom stereocenters. The van der Waals surface area contributed by atoms with Crippen LogP contribution in [0.25, 0.3) is 6.08 Å². The Morgan fingerprint density at radius 2 is 1.94 bits per heavy atom. The van der Waals surface area contributed by atoms with Gasteiger partial charge in [0.15, 0.2) is 11.5 Å².